The molecule has 0 bridgehead atoms. The Morgan fingerprint density at radius 2 is 1.95 bits per heavy atom. The number of aliphatic imine (C=N–C) groups is 1. The largest absolute Gasteiger partial charge is 0.492 e. The first-order chi connectivity index (χ1) is 10.7. The van der Waals surface area contributed by atoms with Crippen LogP contribution < -0.4 is 10.1 Å². The summed E-state index contributed by atoms with van der Waals surface area (Å²) < 4.78 is 5.80. The molecule has 1 heterocycles. The Kier molecular flexibility index (Phi) is 6.52. The molecule has 0 spiro atoms. The highest BCUT2D eigenvalue weighted by atomic mass is 16.5. The maximum Gasteiger partial charge on any atom is 0.194 e. The fourth-order valence-electron chi connectivity index (χ4n) is 2.44. The van der Waals surface area contributed by atoms with Crippen molar-refractivity contribution in [2.45, 2.75) is 20.4 Å². The number of nitrogens with zero attached hydrogens (tertiary/aromatic N) is 3. The molecular weight excluding hydrogens is 276 g/mol. The average molecular weight is 304 g/mol. The van der Waals surface area contributed by atoms with Crippen molar-refractivity contribution in [2.75, 3.05) is 46.4 Å². The second-order valence-corrected chi connectivity index (χ2v) is 5.50. The first-order valence-electron chi connectivity index (χ1n) is 8.16. The molecule has 1 aromatic carbocycles. The van der Waals surface area contributed by atoms with Crippen molar-refractivity contribution in [3.8, 4) is 5.75 Å². The molecule has 1 N–H and O–H groups in total. The number of ether oxygens (including phenoxy) is 1. The van der Waals surface area contributed by atoms with Gasteiger partial charge in [-0.25, -0.2) is 0 Å². The van der Waals surface area contributed by atoms with Gasteiger partial charge < -0.3 is 19.9 Å². The molecule has 22 heavy (non-hydrogen) atoms. The summed E-state index contributed by atoms with van der Waals surface area (Å²) in [4.78, 5) is 8.93. The van der Waals surface area contributed by atoms with Gasteiger partial charge in [-0.05, 0) is 30.8 Å². The maximum atomic E-state index is 5.80. The van der Waals surface area contributed by atoms with Crippen LogP contribution in [0, 0.1) is 0 Å². The fraction of sp³-hybridized carbons (Fsp3) is 0.588. The summed E-state index contributed by atoms with van der Waals surface area (Å²) in [6.45, 7) is 10.9. The first kappa shape index (κ1) is 16.6. The average Bonchev–Trinajstić information content (AvgIpc) is 2.96. The molecule has 1 aliphatic heterocycles. The maximum absolute atomic E-state index is 5.80. The predicted octanol–water partition coefficient (Wildman–Crippen LogP) is 1.80. The molecule has 0 unspecified atom stereocenters. The Bertz CT molecular complexity index is 468. The van der Waals surface area contributed by atoms with Crippen LogP contribution in [0.15, 0.2) is 29.3 Å². The molecule has 122 valence electrons. The van der Waals surface area contributed by atoms with Crippen LogP contribution >= 0.6 is 0 Å². The predicted molar refractivity (Wildman–Crippen MR) is 91.5 cm³/mol. The molecular formula is C17H28N4O. The third-order valence-corrected chi connectivity index (χ3v) is 4.00. The highest BCUT2D eigenvalue weighted by Crippen LogP contribution is 2.12. The van der Waals surface area contributed by atoms with Crippen molar-refractivity contribution in [1.82, 2.24) is 15.1 Å². The second kappa shape index (κ2) is 8.63. The Morgan fingerprint density at radius 1 is 1.23 bits per heavy atom. The van der Waals surface area contributed by atoms with E-state index in [-0.39, 0.29) is 0 Å². The SMILES string of the molecule is CCN(CC)CCOc1ccc(CNC2=NCCN2C)cc1. The molecule has 0 saturated heterocycles. The number of rotatable bonds is 8. The zero-order valence-electron chi connectivity index (χ0n) is 14.0. The van der Waals surface area contributed by atoms with Gasteiger partial charge in [-0.15, -0.1) is 0 Å². The Balaban J connectivity index is 1.73. The molecule has 0 aliphatic carbocycles. The molecule has 5 heteroatoms. The van der Waals surface area contributed by atoms with Gasteiger partial charge in [0.15, 0.2) is 5.96 Å². The highest BCUT2D eigenvalue weighted by molar-refractivity contribution is 5.81. The highest BCUT2D eigenvalue weighted by Gasteiger charge is 2.11. The minimum atomic E-state index is 0.737. The summed E-state index contributed by atoms with van der Waals surface area (Å²) in [5.74, 6) is 1.92. The van der Waals surface area contributed by atoms with Gasteiger partial charge in [-0.3, -0.25) is 4.99 Å². The van der Waals surface area contributed by atoms with Gasteiger partial charge in [0.2, 0.25) is 0 Å². The number of guanidine groups is 1. The Morgan fingerprint density at radius 3 is 2.55 bits per heavy atom. The van der Waals surface area contributed by atoms with E-state index in [9.17, 15) is 0 Å². The lowest BCUT2D eigenvalue weighted by Crippen LogP contribution is -2.35. The van der Waals surface area contributed by atoms with E-state index in [1.807, 2.05) is 12.1 Å². The van der Waals surface area contributed by atoms with Crippen LogP contribution in [-0.2, 0) is 6.54 Å². The molecule has 2 rings (SSSR count). The van der Waals surface area contributed by atoms with E-state index in [0.29, 0.717) is 0 Å². The van der Waals surface area contributed by atoms with Crippen molar-refractivity contribution in [3.05, 3.63) is 29.8 Å². The second-order valence-electron chi connectivity index (χ2n) is 5.50. The van der Waals surface area contributed by atoms with Gasteiger partial charge in [-0.1, -0.05) is 26.0 Å². The molecule has 0 saturated carbocycles. The van der Waals surface area contributed by atoms with E-state index in [1.54, 1.807) is 0 Å². The fourth-order valence-corrected chi connectivity index (χ4v) is 2.44. The molecule has 0 radical (unpaired) electrons. The van der Waals surface area contributed by atoms with Crippen LogP contribution in [0.3, 0.4) is 0 Å². The van der Waals surface area contributed by atoms with Crippen molar-refractivity contribution < 1.29 is 4.74 Å². The van der Waals surface area contributed by atoms with E-state index in [1.165, 1.54) is 5.56 Å². The number of benzene rings is 1. The minimum absolute atomic E-state index is 0.737. The monoisotopic (exact) mass is 304 g/mol. The number of hydrogen-bond acceptors (Lipinski definition) is 5. The normalized spacial score (nSPS) is 14.4. The summed E-state index contributed by atoms with van der Waals surface area (Å²) in [5.41, 5.74) is 1.24. The van der Waals surface area contributed by atoms with E-state index in [0.717, 1.165) is 57.6 Å². The summed E-state index contributed by atoms with van der Waals surface area (Å²) in [6, 6.07) is 8.29. The first-order valence-corrected chi connectivity index (χ1v) is 8.16. The molecule has 0 fully saturated rings. The molecule has 0 atom stereocenters. The smallest absolute Gasteiger partial charge is 0.194 e. The van der Waals surface area contributed by atoms with Gasteiger partial charge in [-0.2, -0.15) is 0 Å². The van der Waals surface area contributed by atoms with Crippen LogP contribution in [0.1, 0.15) is 19.4 Å². The van der Waals surface area contributed by atoms with Crippen molar-refractivity contribution in [3.63, 3.8) is 0 Å². The molecule has 0 aromatic heterocycles. The lowest BCUT2D eigenvalue weighted by molar-refractivity contribution is 0.223. The third-order valence-electron chi connectivity index (χ3n) is 4.00. The zero-order valence-corrected chi connectivity index (χ0v) is 14.0. The van der Waals surface area contributed by atoms with E-state index in [4.69, 9.17) is 4.74 Å². The van der Waals surface area contributed by atoms with Gasteiger partial charge in [0.25, 0.3) is 0 Å². The Labute approximate surface area is 134 Å². The number of likely N-dealkylation sites (N-methyl/N-ethyl adjacent to an activating group) is 2. The van der Waals surface area contributed by atoms with Gasteiger partial charge in [0.1, 0.15) is 12.4 Å². The summed E-state index contributed by atoms with van der Waals surface area (Å²) >= 11 is 0. The van der Waals surface area contributed by atoms with E-state index >= 15 is 0 Å². The third kappa shape index (κ3) is 4.91. The van der Waals surface area contributed by atoms with Crippen LogP contribution in [0.4, 0.5) is 0 Å². The van der Waals surface area contributed by atoms with Crippen molar-refractivity contribution >= 4 is 5.96 Å². The topological polar surface area (TPSA) is 40.1 Å². The Hall–Kier alpha value is -1.75. The number of hydrogen-bond donors (Lipinski definition) is 1. The van der Waals surface area contributed by atoms with Gasteiger partial charge >= 0.3 is 0 Å². The van der Waals surface area contributed by atoms with Crippen molar-refractivity contribution in [1.29, 1.82) is 0 Å². The number of nitrogens with one attached hydrogen (secondary N) is 1. The lowest BCUT2D eigenvalue weighted by atomic mass is 10.2. The van der Waals surface area contributed by atoms with E-state index in [2.05, 4.69) is 53.1 Å². The van der Waals surface area contributed by atoms with Crippen LogP contribution in [0.5, 0.6) is 5.75 Å². The zero-order chi connectivity index (χ0) is 15.8. The van der Waals surface area contributed by atoms with Gasteiger partial charge in [0, 0.05) is 26.7 Å². The lowest BCUT2D eigenvalue weighted by Gasteiger charge is -2.18. The van der Waals surface area contributed by atoms with Crippen molar-refractivity contribution in [2.24, 2.45) is 4.99 Å². The standard InChI is InChI=1S/C17H28N4O/c1-4-21(5-2)12-13-22-16-8-6-15(7-9-16)14-19-17-18-10-11-20(17)3/h6-9H,4-5,10-14H2,1-3H3,(H,18,19). The molecule has 5 nitrogen and oxygen atoms in total. The van der Waals surface area contributed by atoms with E-state index < -0.39 is 0 Å². The van der Waals surface area contributed by atoms with Gasteiger partial charge in [0.05, 0.1) is 6.54 Å². The van der Waals surface area contributed by atoms with Crippen LogP contribution in [0.25, 0.3) is 0 Å². The summed E-state index contributed by atoms with van der Waals surface area (Å²) in [6.07, 6.45) is 0. The molecule has 1 aliphatic rings. The molecule has 0 amide bonds. The quantitative estimate of drug-likeness (QED) is 0.795. The minimum Gasteiger partial charge on any atom is -0.492 e. The van der Waals surface area contributed by atoms with Crippen LogP contribution in [-0.4, -0.2) is 62.1 Å². The summed E-state index contributed by atoms with van der Waals surface area (Å²) in [7, 11) is 2.06. The van der Waals surface area contributed by atoms with Crippen LogP contribution in [0.2, 0.25) is 0 Å². The molecule has 1 aromatic rings. The summed E-state index contributed by atoms with van der Waals surface area (Å²) in [5, 5.41) is 3.37.